The van der Waals surface area contributed by atoms with Gasteiger partial charge in [-0.1, -0.05) is 0 Å². The van der Waals surface area contributed by atoms with Crippen molar-refractivity contribution in [2.75, 3.05) is 10.6 Å². The average molecular weight is 367 g/mol. The maximum atomic E-state index is 12.2. The molecular weight excluding hydrogens is 350 g/mol. The van der Waals surface area contributed by atoms with Crippen molar-refractivity contribution in [1.82, 2.24) is 15.1 Å². The molecule has 0 saturated heterocycles. The number of aryl methyl sites for hydroxylation is 1. The first-order valence-corrected chi connectivity index (χ1v) is 8.04. The zero-order valence-corrected chi connectivity index (χ0v) is 14.4. The Morgan fingerprint density at radius 1 is 1.04 bits per heavy atom. The van der Waals surface area contributed by atoms with Crippen molar-refractivity contribution < 1.29 is 14.0 Å². The quantitative estimate of drug-likeness (QED) is 0.637. The van der Waals surface area contributed by atoms with Crippen molar-refractivity contribution in [3.63, 3.8) is 0 Å². The van der Waals surface area contributed by atoms with E-state index in [0.29, 0.717) is 17.1 Å². The molecule has 0 aliphatic heterocycles. The van der Waals surface area contributed by atoms with Crippen LogP contribution < -0.4 is 21.5 Å². The number of furan rings is 1. The number of urea groups is 1. The first kappa shape index (κ1) is 17.9. The van der Waals surface area contributed by atoms with Crippen molar-refractivity contribution in [1.29, 1.82) is 0 Å². The van der Waals surface area contributed by atoms with Crippen molar-refractivity contribution in [2.24, 2.45) is 7.05 Å². The summed E-state index contributed by atoms with van der Waals surface area (Å²) >= 11 is 0. The van der Waals surface area contributed by atoms with E-state index in [0.717, 1.165) is 4.68 Å². The van der Waals surface area contributed by atoms with Crippen LogP contribution in [0, 0.1) is 0 Å². The fourth-order valence-electron chi connectivity index (χ4n) is 2.21. The van der Waals surface area contributed by atoms with E-state index in [9.17, 15) is 14.4 Å². The summed E-state index contributed by atoms with van der Waals surface area (Å²) in [5.41, 5.74) is 0.909. The lowest BCUT2D eigenvalue weighted by Gasteiger charge is -2.08. The van der Waals surface area contributed by atoms with Gasteiger partial charge >= 0.3 is 6.03 Å². The normalized spacial score (nSPS) is 10.3. The van der Waals surface area contributed by atoms with Crippen molar-refractivity contribution >= 4 is 23.3 Å². The van der Waals surface area contributed by atoms with Crippen LogP contribution in [0.4, 0.5) is 16.2 Å². The first-order chi connectivity index (χ1) is 13.0. The summed E-state index contributed by atoms with van der Waals surface area (Å²) in [6.07, 6.45) is 1.53. The first-order valence-electron chi connectivity index (χ1n) is 8.04. The van der Waals surface area contributed by atoms with Crippen LogP contribution in [0.5, 0.6) is 0 Å². The molecule has 0 aliphatic rings. The number of benzene rings is 1. The van der Waals surface area contributed by atoms with Gasteiger partial charge in [0.15, 0.2) is 0 Å². The number of rotatable bonds is 5. The molecule has 0 atom stereocenters. The minimum absolute atomic E-state index is 0.122. The molecule has 3 amide bonds. The van der Waals surface area contributed by atoms with Crippen LogP contribution in [0.3, 0.4) is 0 Å². The van der Waals surface area contributed by atoms with E-state index < -0.39 is 5.91 Å². The number of hydrogen-bond acceptors (Lipinski definition) is 5. The van der Waals surface area contributed by atoms with Gasteiger partial charge in [0, 0.05) is 24.5 Å². The third-order valence-corrected chi connectivity index (χ3v) is 3.60. The summed E-state index contributed by atoms with van der Waals surface area (Å²) in [5, 5.41) is 11.9. The van der Waals surface area contributed by atoms with Gasteiger partial charge < -0.3 is 20.4 Å². The van der Waals surface area contributed by atoms with E-state index in [1.807, 2.05) is 0 Å². The van der Waals surface area contributed by atoms with Gasteiger partial charge in [0.25, 0.3) is 11.5 Å². The molecule has 3 aromatic rings. The minimum atomic E-state index is -0.442. The number of aromatic nitrogens is 2. The van der Waals surface area contributed by atoms with E-state index in [-0.39, 0.29) is 23.8 Å². The highest BCUT2D eigenvalue weighted by atomic mass is 16.3. The largest absolute Gasteiger partial charge is 0.467 e. The third kappa shape index (κ3) is 4.82. The Hall–Kier alpha value is -3.88. The maximum Gasteiger partial charge on any atom is 0.319 e. The fourth-order valence-corrected chi connectivity index (χ4v) is 2.21. The Morgan fingerprint density at radius 3 is 2.37 bits per heavy atom. The number of carbonyl (C=O) groups excluding carboxylic acids is 2. The lowest BCUT2D eigenvalue weighted by atomic mass is 10.2. The molecule has 0 saturated carbocycles. The fraction of sp³-hybridized carbons (Fsp3) is 0.111. The second kappa shape index (κ2) is 8.00. The monoisotopic (exact) mass is 367 g/mol. The number of amides is 3. The highest BCUT2D eigenvalue weighted by molar-refractivity contribution is 6.02. The van der Waals surface area contributed by atoms with Gasteiger partial charge in [-0.2, -0.15) is 5.10 Å². The predicted molar refractivity (Wildman–Crippen MR) is 98.4 cm³/mol. The van der Waals surface area contributed by atoms with Gasteiger partial charge in [-0.3, -0.25) is 9.59 Å². The molecule has 2 aromatic heterocycles. The van der Waals surface area contributed by atoms with Crippen LogP contribution >= 0.6 is 0 Å². The van der Waals surface area contributed by atoms with Crippen LogP contribution in [-0.2, 0) is 13.6 Å². The van der Waals surface area contributed by atoms with E-state index in [4.69, 9.17) is 4.42 Å². The molecule has 9 heteroatoms. The van der Waals surface area contributed by atoms with Crippen LogP contribution in [0.2, 0.25) is 0 Å². The number of hydrogen-bond donors (Lipinski definition) is 3. The number of nitrogens with one attached hydrogen (secondary N) is 3. The zero-order valence-electron chi connectivity index (χ0n) is 14.4. The lowest BCUT2D eigenvalue weighted by molar-refractivity contribution is 0.102. The number of nitrogens with zero attached hydrogens (tertiary/aromatic N) is 2. The van der Waals surface area contributed by atoms with Gasteiger partial charge in [-0.25, -0.2) is 9.48 Å². The Labute approximate surface area is 154 Å². The molecule has 0 fully saturated rings. The average Bonchev–Trinajstić information content (AvgIpc) is 3.17. The van der Waals surface area contributed by atoms with Gasteiger partial charge in [0.05, 0.1) is 12.8 Å². The molecule has 138 valence electrons. The van der Waals surface area contributed by atoms with Crippen LogP contribution in [0.1, 0.15) is 16.2 Å². The molecule has 0 unspecified atom stereocenters. The van der Waals surface area contributed by atoms with Gasteiger partial charge in [0.2, 0.25) is 0 Å². The van der Waals surface area contributed by atoms with Crippen molar-refractivity contribution in [3.8, 4) is 0 Å². The van der Waals surface area contributed by atoms with Crippen LogP contribution in [0.15, 0.2) is 64.0 Å². The molecular formula is C18H17N5O4. The molecule has 3 rings (SSSR count). The Balaban J connectivity index is 1.54. The number of carbonyl (C=O) groups is 2. The van der Waals surface area contributed by atoms with E-state index >= 15 is 0 Å². The molecule has 9 nitrogen and oxygen atoms in total. The zero-order chi connectivity index (χ0) is 19.2. The second-order valence-electron chi connectivity index (χ2n) is 5.60. The Morgan fingerprint density at radius 2 is 1.74 bits per heavy atom. The highest BCUT2D eigenvalue weighted by Crippen LogP contribution is 2.14. The molecule has 0 bridgehead atoms. The molecule has 27 heavy (non-hydrogen) atoms. The summed E-state index contributed by atoms with van der Waals surface area (Å²) in [6, 6.07) is 12.3. The molecule has 1 aromatic carbocycles. The Kier molecular flexibility index (Phi) is 5.31. The second-order valence-corrected chi connectivity index (χ2v) is 5.60. The summed E-state index contributed by atoms with van der Waals surface area (Å²) in [4.78, 5) is 35.3. The van der Waals surface area contributed by atoms with E-state index in [1.54, 1.807) is 36.4 Å². The standard InChI is InChI=1S/C18H17N5O4/c1-23-16(24)9-8-15(22-23)17(25)20-12-4-6-13(7-5-12)21-18(26)19-11-14-3-2-10-27-14/h2-10H,11H2,1H3,(H,20,25)(H2,19,21,26). The van der Waals surface area contributed by atoms with Crippen LogP contribution in [-0.4, -0.2) is 21.7 Å². The SMILES string of the molecule is Cn1nc(C(=O)Nc2ccc(NC(=O)NCc3ccco3)cc2)ccc1=O. The van der Waals surface area contributed by atoms with Crippen molar-refractivity contribution in [2.45, 2.75) is 6.54 Å². The van der Waals surface area contributed by atoms with Gasteiger partial charge in [-0.05, 0) is 42.5 Å². The predicted octanol–water partition coefficient (Wildman–Crippen LogP) is 1.95. The molecule has 2 heterocycles. The molecule has 0 radical (unpaired) electrons. The smallest absolute Gasteiger partial charge is 0.319 e. The summed E-state index contributed by atoms with van der Waals surface area (Å²) < 4.78 is 6.22. The molecule has 3 N–H and O–H groups in total. The summed E-state index contributed by atoms with van der Waals surface area (Å²) in [7, 11) is 1.47. The highest BCUT2D eigenvalue weighted by Gasteiger charge is 2.09. The van der Waals surface area contributed by atoms with Crippen LogP contribution in [0.25, 0.3) is 0 Å². The minimum Gasteiger partial charge on any atom is -0.467 e. The Bertz CT molecular complexity index is 993. The topological polar surface area (TPSA) is 118 Å². The molecule has 0 aliphatic carbocycles. The lowest BCUT2D eigenvalue weighted by Crippen LogP contribution is -2.28. The number of anilines is 2. The van der Waals surface area contributed by atoms with Gasteiger partial charge in [0.1, 0.15) is 11.5 Å². The summed E-state index contributed by atoms with van der Waals surface area (Å²) in [5.74, 6) is 0.206. The van der Waals surface area contributed by atoms with E-state index in [1.165, 1.54) is 25.4 Å². The summed E-state index contributed by atoms with van der Waals surface area (Å²) in [6.45, 7) is 0.277. The maximum absolute atomic E-state index is 12.2. The van der Waals surface area contributed by atoms with E-state index in [2.05, 4.69) is 21.0 Å². The molecule has 0 spiro atoms. The van der Waals surface area contributed by atoms with Crippen molar-refractivity contribution in [3.05, 3.63) is 76.6 Å². The van der Waals surface area contributed by atoms with Gasteiger partial charge in [-0.15, -0.1) is 0 Å². The third-order valence-electron chi connectivity index (χ3n) is 3.60.